The molecule has 1 amide bonds. The zero-order chi connectivity index (χ0) is 20.9. The average Bonchev–Trinajstić information content (AvgIpc) is 3.19. The Labute approximate surface area is 173 Å². The van der Waals surface area contributed by atoms with Gasteiger partial charge in [0.2, 0.25) is 5.91 Å². The van der Waals surface area contributed by atoms with Gasteiger partial charge < -0.3 is 14.6 Å². The molecule has 0 saturated heterocycles. The van der Waals surface area contributed by atoms with E-state index in [2.05, 4.69) is 14.9 Å². The Kier molecular flexibility index (Phi) is 5.79. The van der Waals surface area contributed by atoms with Crippen molar-refractivity contribution >= 4 is 27.7 Å². The first-order chi connectivity index (χ1) is 14.7. The highest BCUT2D eigenvalue weighted by atomic mass is 16.5. The van der Waals surface area contributed by atoms with E-state index in [1.54, 1.807) is 24.1 Å². The Balaban J connectivity index is 1.27. The summed E-state index contributed by atoms with van der Waals surface area (Å²) in [5, 5.41) is 4.60. The minimum atomic E-state index is -0.0732. The first-order valence-electron chi connectivity index (χ1n) is 10.00. The van der Waals surface area contributed by atoms with Crippen LogP contribution < -0.4 is 15.6 Å². The summed E-state index contributed by atoms with van der Waals surface area (Å²) in [6, 6.07) is 15.2. The van der Waals surface area contributed by atoms with Crippen molar-refractivity contribution in [3.63, 3.8) is 0 Å². The predicted octanol–water partition coefficient (Wildman–Crippen LogP) is 2.96. The summed E-state index contributed by atoms with van der Waals surface area (Å²) < 4.78 is 9.04. The number of hydrogen-bond acceptors (Lipinski definition) is 4. The molecule has 0 bridgehead atoms. The molecule has 30 heavy (non-hydrogen) atoms. The van der Waals surface area contributed by atoms with Gasteiger partial charge >= 0.3 is 0 Å². The maximum absolute atomic E-state index is 12.5. The number of aryl methyl sites for hydroxylation is 1. The van der Waals surface area contributed by atoms with Crippen LogP contribution in [0.25, 0.3) is 21.8 Å². The number of nitrogens with zero attached hydrogens (tertiary/aromatic N) is 3. The number of nitrogens with one attached hydrogen (secondary N) is 1. The van der Waals surface area contributed by atoms with Crippen LogP contribution in [0, 0.1) is 0 Å². The molecule has 0 aliphatic heterocycles. The van der Waals surface area contributed by atoms with E-state index in [9.17, 15) is 9.59 Å². The number of amides is 1. The van der Waals surface area contributed by atoms with E-state index in [0.717, 1.165) is 16.7 Å². The van der Waals surface area contributed by atoms with E-state index in [1.807, 2.05) is 48.7 Å². The summed E-state index contributed by atoms with van der Waals surface area (Å²) in [5.41, 5.74) is 1.69. The zero-order valence-corrected chi connectivity index (χ0v) is 16.9. The summed E-state index contributed by atoms with van der Waals surface area (Å²) in [5.74, 6) is 0.819. The molecule has 154 valence electrons. The standard InChI is InChI=1S/C23H24N4O3/c1-30-21-9-4-8-20-18(21)11-14-26(20)15-12-24-22(28)10-5-13-27-16-25-19-7-3-2-6-17(19)23(27)29/h2-4,6-9,11,14,16H,5,10,12-13,15H2,1H3,(H,24,28). The summed E-state index contributed by atoms with van der Waals surface area (Å²) in [7, 11) is 1.66. The van der Waals surface area contributed by atoms with Crippen molar-refractivity contribution in [3.05, 3.63) is 71.4 Å². The van der Waals surface area contributed by atoms with E-state index >= 15 is 0 Å². The molecule has 0 aliphatic rings. The predicted molar refractivity (Wildman–Crippen MR) is 117 cm³/mol. The van der Waals surface area contributed by atoms with E-state index in [-0.39, 0.29) is 11.5 Å². The van der Waals surface area contributed by atoms with Crippen molar-refractivity contribution in [2.45, 2.75) is 25.9 Å². The van der Waals surface area contributed by atoms with Crippen LogP contribution in [-0.2, 0) is 17.9 Å². The minimum Gasteiger partial charge on any atom is -0.496 e. The van der Waals surface area contributed by atoms with Crippen molar-refractivity contribution in [1.82, 2.24) is 19.4 Å². The lowest BCUT2D eigenvalue weighted by atomic mass is 10.2. The Morgan fingerprint density at radius 2 is 1.90 bits per heavy atom. The monoisotopic (exact) mass is 404 g/mol. The molecule has 2 aromatic heterocycles. The summed E-state index contributed by atoms with van der Waals surface area (Å²) >= 11 is 0. The maximum atomic E-state index is 12.5. The molecule has 0 spiro atoms. The van der Waals surface area contributed by atoms with Gasteiger partial charge in [0.15, 0.2) is 0 Å². The fraction of sp³-hybridized carbons (Fsp3) is 0.261. The van der Waals surface area contributed by atoms with E-state index in [0.29, 0.717) is 43.4 Å². The van der Waals surface area contributed by atoms with Crippen molar-refractivity contribution in [2.75, 3.05) is 13.7 Å². The lowest BCUT2D eigenvalue weighted by molar-refractivity contribution is -0.121. The number of para-hydroxylation sites is 1. The molecule has 4 aromatic rings. The highest BCUT2D eigenvalue weighted by Gasteiger charge is 2.07. The molecule has 0 radical (unpaired) electrons. The third kappa shape index (κ3) is 4.05. The number of carbonyl (C=O) groups excluding carboxylic acids is 1. The van der Waals surface area contributed by atoms with E-state index < -0.39 is 0 Å². The van der Waals surface area contributed by atoms with Crippen molar-refractivity contribution in [3.8, 4) is 5.75 Å². The highest BCUT2D eigenvalue weighted by Crippen LogP contribution is 2.25. The van der Waals surface area contributed by atoms with Crippen LogP contribution in [0.15, 0.2) is 65.8 Å². The number of hydrogen-bond donors (Lipinski definition) is 1. The number of methoxy groups -OCH3 is 1. The second-order valence-electron chi connectivity index (χ2n) is 7.12. The van der Waals surface area contributed by atoms with Gasteiger partial charge in [-0.05, 0) is 36.8 Å². The zero-order valence-electron chi connectivity index (χ0n) is 16.9. The van der Waals surface area contributed by atoms with Gasteiger partial charge in [-0.15, -0.1) is 0 Å². The lowest BCUT2D eigenvalue weighted by Crippen LogP contribution is -2.27. The maximum Gasteiger partial charge on any atom is 0.261 e. The van der Waals surface area contributed by atoms with Crippen LogP contribution in [0.4, 0.5) is 0 Å². The number of aromatic nitrogens is 3. The molecule has 0 unspecified atom stereocenters. The minimum absolute atomic E-state index is 0.0224. The molecule has 2 heterocycles. The fourth-order valence-electron chi connectivity index (χ4n) is 3.65. The van der Waals surface area contributed by atoms with E-state index in [4.69, 9.17) is 4.74 Å². The molecule has 7 nitrogen and oxygen atoms in total. The summed E-state index contributed by atoms with van der Waals surface area (Å²) in [6.45, 7) is 1.68. The molecule has 0 fully saturated rings. The van der Waals surface area contributed by atoms with Gasteiger partial charge in [0, 0.05) is 37.6 Å². The van der Waals surface area contributed by atoms with E-state index in [1.165, 1.54) is 0 Å². The lowest BCUT2D eigenvalue weighted by Gasteiger charge is -2.09. The van der Waals surface area contributed by atoms with Crippen LogP contribution in [0.2, 0.25) is 0 Å². The average molecular weight is 404 g/mol. The second-order valence-corrected chi connectivity index (χ2v) is 7.12. The number of rotatable bonds is 8. The number of ether oxygens (including phenoxy) is 1. The molecular weight excluding hydrogens is 380 g/mol. The molecule has 0 aliphatic carbocycles. The Morgan fingerprint density at radius 3 is 2.77 bits per heavy atom. The molecule has 0 saturated carbocycles. The van der Waals surface area contributed by atoms with Crippen LogP contribution in [0.5, 0.6) is 5.75 Å². The van der Waals surface area contributed by atoms with Crippen molar-refractivity contribution in [1.29, 1.82) is 0 Å². The molecule has 4 rings (SSSR count). The van der Waals surface area contributed by atoms with Gasteiger partial charge in [-0.3, -0.25) is 14.2 Å². The molecule has 1 N–H and O–H groups in total. The largest absolute Gasteiger partial charge is 0.496 e. The quantitative estimate of drug-likeness (QED) is 0.490. The normalized spacial score (nSPS) is 11.1. The fourth-order valence-corrected chi connectivity index (χ4v) is 3.65. The van der Waals surface area contributed by atoms with Crippen LogP contribution in [0.3, 0.4) is 0 Å². The first-order valence-corrected chi connectivity index (χ1v) is 10.00. The smallest absolute Gasteiger partial charge is 0.261 e. The van der Waals surface area contributed by atoms with Crippen LogP contribution in [0.1, 0.15) is 12.8 Å². The number of carbonyl (C=O) groups is 1. The molecule has 0 atom stereocenters. The van der Waals surface area contributed by atoms with Crippen LogP contribution in [-0.4, -0.2) is 33.7 Å². The third-order valence-corrected chi connectivity index (χ3v) is 5.20. The Morgan fingerprint density at radius 1 is 1.03 bits per heavy atom. The topological polar surface area (TPSA) is 78.2 Å². The number of benzene rings is 2. The summed E-state index contributed by atoms with van der Waals surface area (Å²) in [6.07, 6.45) is 4.49. The van der Waals surface area contributed by atoms with Gasteiger partial charge in [-0.25, -0.2) is 4.98 Å². The van der Waals surface area contributed by atoms with Crippen molar-refractivity contribution in [2.24, 2.45) is 0 Å². The van der Waals surface area contributed by atoms with Gasteiger partial charge in [0.25, 0.3) is 5.56 Å². The van der Waals surface area contributed by atoms with Gasteiger partial charge in [-0.1, -0.05) is 18.2 Å². The SMILES string of the molecule is COc1cccc2c1ccn2CCNC(=O)CCCn1cnc2ccccc2c1=O. The first kappa shape index (κ1) is 19.7. The highest BCUT2D eigenvalue weighted by molar-refractivity contribution is 5.86. The molecular formula is C23H24N4O3. The van der Waals surface area contributed by atoms with Crippen LogP contribution >= 0.6 is 0 Å². The van der Waals surface area contributed by atoms with Gasteiger partial charge in [-0.2, -0.15) is 0 Å². The molecule has 2 aromatic carbocycles. The Bertz CT molecular complexity index is 1240. The van der Waals surface area contributed by atoms with Gasteiger partial charge in [0.1, 0.15) is 5.75 Å². The Hall–Kier alpha value is -3.61. The number of fused-ring (bicyclic) bond motifs is 2. The van der Waals surface area contributed by atoms with Crippen molar-refractivity contribution < 1.29 is 9.53 Å². The second kappa shape index (κ2) is 8.82. The van der Waals surface area contributed by atoms with Gasteiger partial charge in [0.05, 0.1) is 29.9 Å². The molecule has 7 heteroatoms. The third-order valence-electron chi connectivity index (χ3n) is 5.20. The summed E-state index contributed by atoms with van der Waals surface area (Å²) in [4.78, 5) is 29.0.